The third-order valence-corrected chi connectivity index (χ3v) is 11.0. The molecule has 0 bridgehead atoms. The summed E-state index contributed by atoms with van der Waals surface area (Å²) in [6.07, 6.45) is 6.40. The van der Waals surface area contributed by atoms with Crippen molar-refractivity contribution < 1.29 is 13.0 Å². The number of fused-ring (bicyclic) bond motifs is 1. The van der Waals surface area contributed by atoms with E-state index in [2.05, 4.69) is 39.0 Å². The van der Waals surface area contributed by atoms with Crippen molar-refractivity contribution in [3.63, 3.8) is 0 Å². The van der Waals surface area contributed by atoms with Crippen LogP contribution in [0.5, 0.6) is 0 Å². The number of thiol groups is 1. The molecule has 2 aromatic heterocycles. The number of aromatic nitrogens is 3. The first-order valence-electron chi connectivity index (χ1n) is 10.4. The van der Waals surface area contributed by atoms with E-state index in [1.54, 1.807) is 6.20 Å². The maximum absolute atomic E-state index is 14.5. The van der Waals surface area contributed by atoms with Crippen molar-refractivity contribution in [2.24, 2.45) is 5.92 Å². The first kappa shape index (κ1) is 20.1. The summed E-state index contributed by atoms with van der Waals surface area (Å²) >= 11 is 0. The van der Waals surface area contributed by atoms with Crippen LogP contribution in [0.3, 0.4) is 0 Å². The molecule has 2 aromatic carbocycles. The number of nitrogens with zero attached hydrogens (tertiary/aromatic N) is 2. The number of rotatable bonds is 4. The van der Waals surface area contributed by atoms with Crippen molar-refractivity contribution in [3.8, 4) is 11.1 Å². The van der Waals surface area contributed by atoms with Gasteiger partial charge in [0.15, 0.2) is 11.6 Å². The second-order valence-electron chi connectivity index (χ2n) is 9.11. The van der Waals surface area contributed by atoms with E-state index in [1.807, 2.05) is 26.2 Å². The molecule has 4 nitrogen and oxygen atoms in total. The van der Waals surface area contributed by atoms with Crippen LogP contribution in [0.4, 0.5) is 8.78 Å². The Balaban J connectivity index is 1.44. The fourth-order valence-corrected chi connectivity index (χ4v) is 8.69. The van der Waals surface area contributed by atoms with E-state index in [0.29, 0.717) is 18.7 Å². The van der Waals surface area contributed by atoms with E-state index in [1.165, 1.54) is 12.1 Å². The SMILES string of the molecule is CC1(C)CC(Cn2ccc3cc(-c4cn[nH]c4)ccc32)C[SH]1(=O)c1cccc(F)c1F. The maximum Gasteiger partial charge on any atom is 0.172 e. The highest BCUT2D eigenvalue weighted by Crippen LogP contribution is 2.47. The summed E-state index contributed by atoms with van der Waals surface area (Å²) in [4.78, 5) is 0.0575. The molecule has 1 atom stereocenters. The van der Waals surface area contributed by atoms with Gasteiger partial charge in [-0.3, -0.25) is 9.31 Å². The molecule has 1 saturated heterocycles. The number of aromatic amines is 1. The zero-order valence-corrected chi connectivity index (χ0v) is 18.4. The van der Waals surface area contributed by atoms with E-state index in [9.17, 15) is 13.0 Å². The van der Waals surface area contributed by atoms with Gasteiger partial charge in [-0.1, -0.05) is 22.1 Å². The molecule has 1 fully saturated rings. The van der Waals surface area contributed by atoms with Gasteiger partial charge in [0.05, 0.1) is 11.1 Å². The lowest BCUT2D eigenvalue weighted by Crippen LogP contribution is -2.34. The first-order chi connectivity index (χ1) is 14.8. The van der Waals surface area contributed by atoms with Crippen molar-refractivity contribution in [3.05, 3.63) is 72.7 Å². The molecule has 1 N–H and O–H groups in total. The Labute approximate surface area is 180 Å². The number of hydrogen-bond donors (Lipinski definition) is 2. The lowest BCUT2D eigenvalue weighted by Gasteiger charge is -2.33. The molecule has 1 aliphatic heterocycles. The molecule has 1 unspecified atom stereocenters. The molecule has 31 heavy (non-hydrogen) atoms. The second-order valence-corrected chi connectivity index (χ2v) is 12.6. The molecule has 1 aliphatic rings. The largest absolute Gasteiger partial charge is 0.347 e. The Morgan fingerprint density at radius 3 is 2.81 bits per heavy atom. The molecular formula is C24H25F2N3OS. The van der Waals surface area contributed by atoms with Crippen molar-refractivity contribution in [2.75, 3.05) is 5.75 Å². The summed E-state index contributed by atoms with van der Waals surface area (Å²) in [5.41, 5.74) is 3.22. The summed E-state index contributed by atoms with van der Waals surface area (Å²) < 4.78 is 44.0. The average molecular weight is 442 g/mol. The average Bonchev–Trinajstić information content (AvgIpc) is 3.44. The highest BCUT2D eigenvalue weighted by molar-refractivity contribution is 8.04. The van der Waals surface area contributed by atoms with Crippen molar-refractivity contribution in [2.45, 2.75) is 36.5 Å². The van der Waals surface area contributed by atoms with Crippen molar-refractivity contribution in [1.82, 2.24) is 14.8 Å². The smallest absolute Gasteiger partial charge is 0.172 e. The van der Waals surface area contributed by atoms with E-state index >= 15 is 0 Å². The maximum atomic E-state index is 14.5. The summed E-state index contributed by atoms with van der Waals surface area (Å²) in [5.74, 6) is -1.39. The van der Waals surface area contributed by atoms with E-state index in [4.69, 9.17) is 0 Å². The quantitative estimate of drug-likeness (QED) is 0.429. The molecule has 0 radical (unpaired) electrons. The van der Waals surface area contributed by atoms with Crippen LogP contribution in [0, 0.1) is 17.6 Å². The normalized spacial score (nSPS) is 20.8. The third-order valence-electron chi connectivity index (χ3n) is 6.66. The zero-order chi connectivity index (χ0) is 21.8. The van der Waals surface area contributed by atoms with Crippen molar-refractivity contribution in [1.29, 1.82) is 0 Å². The monoisotopic (exact) mass is 441 g/mol. The summed E-state index contributed by atoms with van der Waals surface area (Å²) in [5, 5.41) is 7.96. The first-order valence-corrected chi connectivity index (χ1v) is 12.3. The van der Waals surface area contributed by atoms with Gasteiger partial charge in [0.25, 0.3) is 0 Å². The summed E-state index contributed by atoms with van der Waals surface area (Å²) in [6, 6.07) is 12.4. The Bertz CT molecular complexity index is 1310. The Hall–Kier alpha value is -2.80. The van der Waals surface area contributed by atoms with Gasteiger partial charge in [0, 0.05) is 45.9 Å². The minimum absolute atomic E-state index is 0.0575. The van der Waals surface area contributed by atoms with Crippen molar-refractivity contribution >= 4 is 20.8 Å². The van der Waals surface area contributed by atoms with E-state index < -0.39 is 26.3 Å². The van der Waals surface area contributed by atoms with Gasteiger partial charge < -0.3 is 4.57 Å². The van der Waals surface area contributed by atoms with Crippen LogP contribution in [0.2, 0.25) is 0 Å². The number of benzene rings is 2. The Morgan fingerprint density at radius 1 is 1.19 bits per heavy atom. The van der Waals surface area contributed by atoms with Crippen LogP contribution in [0.1, 0.15) is 20.3 Å². The Morgan fingerprint density at radius 2 is 2.03 bits per heavy atom. The highest BCUT2D eigenvalue weighted by atomic mass is 32.2. The van der Waals surface area contributed by atoms with Gasteiger partial charge >= 0.3 is 0 Å². The lowest BCUT2D eigenvalue weighted by molar-refractivity contribution is 0.445. The van der Waals surface area contributed by atoms with Crippen LogP contribution in [-0.4, -0.2) is 29.5 Å². The third kappa shape index (κ3) is 3.22. The van der Waals surface area contributed by atoms with Gasteiger partial charge in [-0.25, -0.2) is 8.78 Å². The fourth-order valence-electron chi connectivity index (χ4n) is 5.07. The van der Waals surface area contributed by atoms with Gasteiger partial charge in [-0.15, -0.1) is 0 Å². The minimum atomic E-state index is -3.10. The number of H-pyrrole nitrogens is 1. The Kier molecular flexibility index (Phi) is 4.62. The van der Waals surface area contributed by atoms with Gasteiger partial charge in [0.1, 0.15) is 0 Å². The summed E-state index contributed by atoms with van der Waals surface area (Å²) in [6.45, 7) is 4.53. The highest BCUT2D eigenvalue weighted by Gasteiger charge is 2.47. The van der Waals surface area contributed by atoms with E-state index in [0.717, 1.165) is 28.1 Å². The standard InChI is InChI=1S/C24H25F2N3OS/c1-24(2)11-16(15-31(24,30)22-5-3-4-20(25)23(22)26)14-29-9-8-18-10-17(6-7-21(18)29)19-12-27-28-13-19/h3-10,12-13,16,31H,11,14-15H2,1-2H3,(H,27,28). The van der Waals surface area contributed by atoms with Gasteiger partial charge in [0.2, 0.25) is 0 Å². The molecule has 7 heteroatoms. The molecule has 0 saturated carbocycles. The van der Waals surface area contributed by atoms with E-state index in [-0.39, 0.29) is 10.8 Å². The number of nitrogens with one attached hydrogen (secondary N) is 1. The van der Waals surface area contributed by atoms with Crippen LogP contribution in [-0.2, 0) is 16.5 Å². The molecule has 3 heterocycles. The van der Waals surface area contributed by atoms with Crippen LogP contribution >= 0.6 is 0 Å². The lowest BCUT2D eigenvalue weighted by atomic mass is 9.98. The van der Waals surface area contributed by atoms with Crippen LogP contribution < -0.4 is 0 Å². The molecule has 0 amide bonds. The molecule has 4 aromatic rings. The molecule has 5 rings (SSSR count). The van der Waals surface area contributed by atoms with Crippen LogP contribution in [0.15, 0.2) is 66.0 Å². The molecular weight excluding hydrogens is 416 g/mol. The molecule has 0 aliphatic carbocycles. The number of halogens is 2. The minimum Gasteiger partial charge on any atom is -0.347 e. The topological polar surface area (TPSA) is 50.7 Å². The predicted molar refractivity (Wildman–Crippen MR) is 121 cm³/mol. The van der Waals surface area contributed by atoms with Gasteiger partial charge in [-0.2, -0.15) is 5.10 Å². The molecule has 162 valence electrons. The molecule has 0 spiro atoms. The second kappa shape index (κ2) is 7.12. The zero-order valence-electron chi connectivity index (χ0n) is 17.5. The van der Waals surface area contributed by atoms with Gasteiger partial charge in [-0.05, 0) is 62.1 Å². The number of hydrogen-bond acceptors (Lipinski definition) is 2. The predicted octanol–water partition coefficient (Wildman–Crippen LogP) is 5.18. The van der Waals surface area contributed by atoms with Crippen LogP contribution in [0.25, 0.3) is 22.0 Å². The fraction of sp³-hybridized carbons (Fsp3) is 0.292. The summed E-state index contributed by atoms with van der Waals surface area (Å²) in [7, 11) is -3.10.